The van der Waals surface area contributed by atoms with Gasteiger partial charge < -0.3 is 9.52 Å². The van der Waals surface area contributed by atoms with E-state index in [0.29, 0.717) is 23.0 Å². The van der Waals surface area contributed by atoms with Crippen LogP contribution in [0.25, 0.3) is 22.6 Å². The molecule has 0 aliphatic rings. The van der Waals surface area contributed by atoms with Crippen molar-refractivity contribution in [1.29, 1.82) is 0 Å². The maximum Gasteiger partial charge on any atom is 0.226 e. The zero-order valence-corrected chi connectivity index (χ0v) is 14.9. The first-order valence-electron chi connectivity index (χ1n) is 7.86. The molecule has 2 aromatic carbocycles. The number of sulfone groups is 1. The standard InChI is InChI=1S/C19H19NO4S/c1-13-18(11-12-21)20-19(24-13)16-5-3-14(4-6-16)15-7-9-17(10-8-15)25(2,22)23/h3-10,21H,11-12H2,1-2H3. The molecule has 0 atom stereocenters. The largest absolute Gasteiger partial charge is 0.441 e. The van der Waals surface area contributed by atoms with E-state index in [-0.39, 0.29) is 6.61 Å². The van der Waals surface area contributed by atoms with Gasteiger partial charge in [0.1, 0.15) is 5.76 Å². The van der Waals surface area contributed by atoms with Crippen LogP contribution in [0.15, 0.2) is 57.8 Å². The van der Waals surface area contributed by atoms with Crippen LogP contribution in [0, 0.1) is 6.92 Å². The molecule has 3 aromatic rings. The van der Waals surface area contributed by atoms with Crippen LogP contribution in [-0.2, 0) is 16.3 Å². The summed E-state index contributed by atoms with van der Waals surface area (Å²) in [6.07, 6.45) is 1.67. The maximum atomic E-state index is 11.5. The topological polar surface area (TPSA) is 80.4 Å². The van der Waals surface area contributed by atoms with Gasteiger partial charge in [-0.15, -0.1) is 0 Å². The zero-order valence-electron chi connectivity index (χ0n) is 14.1. The minimum atomic E-state index is -3.19. The normalized spacial score (nSPS) is 11.6. The van der Waals surface area contributed by atoms with Gasteiger partial charge in [-0.3, -0.25) is 0 Å². The average Bonchev–Trinajstić information content (AvgIpc) is 2.96. The van der Waals surface area contributed by atoms with E-state index in [1.807, 2.05) is 31.2 Å². The fourth-order valence-electron chi connectivity index (χ4n) is 2.59. The number of aromatic nitrogens is 1. The van der Waals surface area contributed by atoms with Gasteiger partial charge in [-0.25, -0.2) is 13.4 Å². The van der Waals surface area contributed by atoms with Gasteiger partial charge in [-0.2, -0.15) is 0 Å². The van der Waals surface area contributed by atoms with Crippen molar-refractivity contribution in [2.24, 2.45) is 0 Å². The van der Waals surface area contributed by atoms with Crippen molar-refractivity contribution in [3.63, 3.8) is 0 Å². The Balaban J connectivity index is 1.86. The fraction of sp³-hybridized carbons (Fsp3) is 0.211. The molecule has 130 valence electrons. The summed E-state index contributed by atoms with van der Waals surface area (Å²) >= 11 is 0. The van der Waals surface area contributed by atoms with E-state index in [1.54, 1.807) is 24.3 Å². The van der Waals surface area contributed by atoms with Gasteiger partial charge in [-0.1, -0.05) is 24.3 Å². The van der Waals surface area contributed by atoms with Crippen LogP contribution in [0.4, 0.5) is 0 Å². The fourth-order valence-corrected chi connectivity index (χ4v) is 3.22. The molecule has 5 nitrogen and oxygen atoms in total. The number of hydrogen-bond acceptors (Lipinski definition) is 5. The number of oxazole rings is 1. The summed E-state index contributed by atoms with van der Waals surface area (Å²) in [6.45, 7) is 1.87. The Morgan fingerprint density at radius 3 is 2.00 bits per heavy atom. The Bertz CT molecular complexity index is 971. The minimum absolute atomic E-state index is 0.0369. The van der Waals surface area contributed by atoms with Gasteiger partial charge >= 0.3 is 0 Å². The highest BCUT2D eigenvalue weighted by Gasteiger charge is 2.11. The molecule has 0 aliphatic heterocycles. The molecule has 1 aromatic heterocycles. The molecule has 0 saturated carbocycles. The SMILES string of the molecule is Cc1oc(-c2ccc(-c3ccc(S(C)(=O)=O)cc3)cc2)nc1CCO. The van der Waals surface area contributed by atoms with E-state index in [9.17, 15) is 8.42 Å². The summed E-state index contributed by atoms with van der Waals surface area (Å²) in [5.74, 6) is 1.24. The van der Waals surface area contributed by atoms with E-state index in [1.165, 1.54) is 6.26 Å². The van der Waals surface area contributed by atoms with Crippen LogP contribution in [0.1, 0.15) is 11.5 Å². The number of nitrogens with zero attached hydrogens (tertiary/aromatic N) is 1. The number of benzene rings is 2. The first-order chi connectivity index (χ1) is 11.9. The second-order valence-electron chi connectivity index (χ2n) is 5.87. The second kappa shape index (κ2) is 6.82. The summed E-state index contributed by atoms with van der Waals surface area (Å²) in [7, 11) is -3.19. The Morgan fingerprint density at radius 1 is 0.960 bits per heavy atom. The highest BCUT2D eigenvalue weighted by Crippen LogP contribution is 2.26. The average molecular weight is 357 g/mol. The quantitative estimate of drug-likeness (QED) is 0.758. The molecule has 25 heavy (non-hydrogen) atoms. The smallest absolute Gasteiger partial charge is 0.226 e. The molecule has 0 spiro atoms. The maximum absolute atomic E-state index is 11.5. The predicted octanol–water partition coefficient (Wildman–Crippen LogP) is 3.26. The lowest BCUT2D eigenvalue weighted by molar-refractivity contribution is 0.297. The number of aryl methyl sites for hydroxylation is 1. The monoisotopic (exact) mass is 357 g/mol. The van der Waals surface area contributed by atoms with Crippen LogP contribution < -0.4 is 0 Å². The van der Waals surface area contributed by atoms with Gasteiger partial charge in [0.2, 0.25) is 5.89 Å². The van der Waals surface area contributed by atoms with Crippen LogP contribution >= 0.6 is 0 Å². The molecule has 0 saturated heterocycles. The molecular weight excluding hydrogens is 338 g/mol. The molecule has 0 unspecified atom stereocenters. The third-order valence-corrected chi connectivity index (χ3v) is 5.12. The summed E-state index contributed by atoms with van der Waals surface area (Å²) < 4.78 is 28.7. The molecule has 1 N–H and O–H groups in total. The van der Waals surface area contributed by atoms with Crippen molar-refractivity contribution in [2.45, 2.75) is 18.2 Å². The Labute approximate surface area is 146 Å². The van der Waals surface area contributed by atoms with Gasteiger partial charge in [0.15, 0.2) is 9.84 Å². The van der Waals surface area contributed by atoms with Gasteiger partial charge in [0.05, 0.1) is 10.6 Å². The predicted molar refractivity (Wildman–Crippen MR) is 96.0 cm³/mol. The van der Waals surface area contributed by atoms with E-state index >= 15 is 0 Å². The third kappa shape index (κ3) is 3.81. The van der Waals surface area contributed by atoms with E-state index in [4.69, 9.17) is 9.52 Å². The van der Waals surface area contributed by atoms with Gasteiger partial charge in [0, 0.05) is 24.8 Å². The molecule has 0 aliphatic carbocycles. The Morgan fingerprint density at radius 2 is 1.48 bits per heavy atom. The lowest BCUT2D eigenvalue weighted by atomic mass is 10.0. The molecule has 0 amide bonds. The molecule has 0 radical (unpaired) electrons. The molecular formula is C19H19NO4S. The second-order valence-corrected chi connectivity index (χ2v) is 7.89. The van der Waals surface area contributed by atoms with Crippen molar-refractivity contribution in [2.75, 3.05) is 12.9 Å². The van der Waals surface area contributed by atoms with Crippen molar-refractivity contribution in [1.82, 2.24) is 4.98 Å². The lowest BCUT2D eigenvalue weighted by Crippen LogP contribution is -1.96. The number of rotatable bonds is 5. The number of aliphatic hydroxyl groups is 1. The highest BCUT2D eigenvalue weighted by molar-refractivity contribution is 7.90. The Hall–Kier alpha value is -2.44. The summed E-state index contributed by atoms with van der Waals surface area (Å²) in [5.41, 5.74) is 3.52. The van der Waals surface area contributed by atoms with Crippen LogP contribution in [-0.4, -0.2) is 31.4 Å². The van der Waals surface area contributed by atoms with Crippen molar-refractivity contribution in [3.05, 3.63) is 60.0 Å². The minimum Gasteiger partial charge on any atom is -0.441 e. The molecule has 1 heterocycles. The first kappa shape index (κ1) is 17.4. The first-order valence-corrected chi connectivity index (χ1v) is 9.76. The van der Waals surface area contributed by atoms with E-state index < -0.39 is 9.84 Å². The van der Waals surface area contributed by atoms with Crippen LogP contribution in [0.2, 0.25) is 0 Å². The molecule has 0 fully saturated rings. The molecule has 0 bridgehead atoms. The van der Waals surface area contributed by atoms with E-state index in [2.05, 4.69) is 4.98 Å². The van der Waals surface area contributed by atoms with Gasteiger partial charge in [0.25, 0.3) is 0 Å². The van der Waals surface area contributed by atoms with Crippen molar-refractivity contribution >= 4 is 9.84 Å². The summed E-state index contributed by atoms with van der Waals surface area (Å²) in [5, 5.41) is 9.04. The van der Waals surface area contributed by atoms with Crippen molar-refractivity contribution in [3.8, 4) is 22.6 Å². The molecule has 6 heteroatoms. The number of hydrogen-bond donors (Lipinski definition) is 1. The van der Waals surface area contributed by atoms with Gasteiger partial charge in [-0.05, 0) is 42.3 Å². The Kier molecular flexibility index (Phi) is 4.74. The highest BCUT2D eigenvalue weighted by atomic mass is 32.2. The summed E-state index contributed by atoms with van der Waals surface area (Å²) in [6, 6.07) is 14.5. The lowest BCUT2D eigenvalue weighted by Gasteiger charge is -2.04. The summed E-state index contributed by atoms with van der Waals surface area (Å²) in [4.78, 5) is 4.72. The van der Waals surface area contributed by atoms with Crippen LogP contribution in [0.3, 0.4) is 0 Å². The van der Waals surface area contributed by atoms with Crippen molar-refractivity contribution < 1.29 is 17.9 Å². The number of aliphatic hydroxyl groups excluding tert-OH is 1. The van der Waals surface area contributed by atoms with Crippen LogP contribution in [0.5, 0.6) is 0 Å². The van der Waals surface area contributed by atoms with E-state index in [0.717, 1.165) is 22.4 Å². The molecule has 3 rings (SSSR count). The third-order valence-electron chi connectivity index (χ3n) is 3.99. The zero-order chi connectivity index (χ0) is 18.0.